The minimum absolute atomic E-state index is 0.117. The average molecular weight is 341 g/mol. The van der Waals surface area contributed by atoms with E-state index in [2.05, 4.69) is 31.4 Å². The highest BCUT2D eigenvalue weighted by molar-refractivity contribution is 5.81. The van der Waals surface area contributed by atoms with Crippen LogP contribution in [-0.4, -0.2) is 63.2 Å². The number of rotatable bonds is 6. The molecule has 0 aliphatic carbocycles. The van der Waals surface area contributed by atoms with E-state index in [1.807, 2.05) is 6.92 Å². The van der Waals surface area contributed by atoms with Crippen LogP contribution in [0.2, 0.25) is 0 Å². The van der Waals surface area contributed by atoms with E-state index in [0.717, 1.165) is 38.5 Å². The number of carbonyl (C=O) groups is 1. The minimum atomic E-state index is 0.117. The molecule has 140 valence electrons. The highest BCUT2D eigenvalue weighted by atomic mass is 16.5. The van der Waals surface area contributed by atoms with Gasteiger partial charge in [-0.3, -0.25) is 9.79 Å². The lowest BCUT2D eigenvalue weighted by molar-refractivity contribution is -0.128. The number of guanidine groups is 1. The average Bonchev–Trinajstić information content (AvgIpc) is 2.51. The first-order valence-electron chi connectivity index (χ1n) is 9.09. The van der Waals surface area contributed by atoms with E-state index >= 15 is 0 Å². The van der Waals surface area contributed by atoms with Gasteiger partial charge in [-0.15, -0.1) is 0 Å². The Kier molecular flexibility index (Phi) is 8.53. The second-order valence-electron chi connectivity index (χ2n) is 7.74. The lowest BCUT2D eigenvalue weighted by Crippen LogP contribution is -2.43. The first-order valence-corrected chi connectivity index (χ1v) is 9.09. The van der Waals surface area contributed by atoms with Gasteiger partial charge >= 0.3 is 0 Å². The molecule has 0 radical (unpaired) electrons. The molecule has 1 heterocycles. The predicted molar refractivity (Wildman–Crippen MR) is 99.2 cm³/mol. The maximum Gasteiger partial charge on any atom is 0.223 e. The Labute approximate surface area is 147 Å². The number of hydrogen-bond acceptors (Lipinski definition) is 3. The van der Waals surface area contributed by atoms with Crippen molar-refractivity contribution in [3.63, 3.8) is 0 Å². The van der Waals surface area contributed by atoms with Crippen LogP contribution in [0, 0.1) is 11.3 Å². The Morgan fingerprint density at radius 3 is 2.58 bits per heavy atom. The largest absolute Gasteiger partial charge is 0.377 e. The van der Waals surface area contributed by atoms with Gasteiger partial charge in [0.2, 0.25) is 5.91 Å². The fraction of sp³-hybridized carbons (Fsp3) is 0.889. The molecular weight excluding hydrogens is 304 g/mol. The van der Waals surface area contributed by atoms with Gasteiger partial charge in [-0.1, -0.05) is 20.8 Å². The summed E-state index contributed by atoms with van der Waals surface area (Å²) in [7, 11) is 3.55. The Morgan fingerprint density at radius 2 is 2.00 bits per heavy atom. The van der Waals surface area contributed by atoms with E-state index in [1.54, 1.807) is 19.0 Å². The Morgan fingerprint density at radius 1 is 1.29 bits per heavy atom. The monoisotopic (exact) mass is 340 g/mol. The lowest BCUT2D eigenvalue weighted by Gasteiger charge is -2.39. The van der Waals surface area contributed by atoms with Crippen molar-refractivity contribution in [1.29, 1.82) is 0 Å². The summed E-state index contributed by atoms with van der Waals surface area (Å²) in [5, 5.41) is 6.50. The summed E-state index contributed by atoms with van der Waals surface area (Å²) in [5.41, 5.74) is 0.129. The third kappa shape index (κ3) is 7.07. The summed E-state index contributed by atoms with van der Waals surface area (Å²) >= 11 is 0. The zero-order valence-electron chi connectivity index (χ0n) is 16.3. The number of amides is 1. The van der Waals surface area contributed by atoms with Gasteiger partial charge in [0.25, 0.3) is 0 Å². The van der Waals surface area contributed by atoms with Crippen molar-refractivity contribution in [2.24, 2.45) is 16.3 Å². The molecular formula is C18H36N4O2. The van der Waals surface area contributed by atoms with Crippen molar-refractivity contribution in [3.05, 3.63) is 0 Å². The fourth-order valence-corrected chi connectivity index (χ4v) is 3.05. The molecule has 6 nitrogen and oxygen atoms in total. The number of ether oxygens (including phenoxy) is 1. The smallest absolute Gasteiger partial charge is 0.223 e. The van der Waals surface area contributed by atoms with Gasteiger partial charge in [-0.05, 0) is 25.2 Å². The lowest BCUT2D eigenvalue weighted by atomic mass is 9.78. The Balaban J connectivity index is 2.58. The van der Waals surface area contributed by atoms with Crippen molar-refractivity contribution in [2.45, 2.75) is 53.1 Å². The first kappa shape index (κ1) is 20.7. The van der Waals surface area contributed by atoms with Crippen molar-refractivity contribution in [1.82, 2.24) is 15.5 Å². The van der Waals surface area contributed by atoms with Gasteiger partial charge < -0.3 is 20.3 Å². The van der Waals surface area contributed by atoms with E-state index in [9.17, 15) is 4.79 Å². The van der Waals surface area contributed by atoms with Crippen LogP contribution in [0.15, 0.2) is 4.99 Å². The fourth-order valence-electron chi connectivity index (χ4n) is 3.05. The van der Waals surface area contributed by atoms with Crippen LogP contribution < -0.4 is 10.6 Å². The van der Waals surface area contributed by atoms with Crippen LogP contribution in [0.3, 0.4) is 0 Å². The molecule has 0 aromatic carbocycles. The van der Waals surface area contributed by atoms with Crippen LogP contribution in [0.25, 0.3) is 0 Å². The summed E-state index contributed by atoms with van der Waals surface area (Å²) in [6.07, 6.45) is 2.97. The molecule has 24 heavy (non-hydrogen) atoms. The van der Waals surface area contributed by atoms with Crippen molar-refractivity contribution in [2.75, 3.05) is 40.3 Å². The third-order valence-corrected chi connectivity index (χ3v) is 4.26. The normalized spacial score (nSPS) is 22.2. The number of nitrogens with zero attached hydrogens (tertiary/aromatic N) is 2. The standard InChI is InChI=1S/C18H36N4O2/c1-7-19-17(20-11-10-15(23)22(5)6)21-13-14-9-8-12-24-16(14)18(2,3)4/h14,16H,7-13H2,1-6H3,(H2,19,20,21). The second-order valence-corrected chi connectivity index (χ2v) is 7.74. The number of nitrogens with one attached hydrogen (secondary N) is 2. The predicted octanol–water partition coefficient (Wildman–Crippen LogP) is 1.86. The topological polar surface area (TPSA) is 66.0 Å². The van der Waals surface area contributed by atoms with E-state index in [4.69, 9.17) is 9.73 Å². The van der Waals surface area contributed by atoms with Crippen LogP contribution in [0.4, 0.5) is 0 Å². The Bertz CT molecular complexity index is 416. The highest BCUT2D eigenvalue weighted by Crippen LogP contribution is 2.34. The zero-order chi connectivity index (χ0) is 18.2. The van der Waals surface area contributed by atoms with E-state index in [-0.39, 0.29) is 17.4 Å². The van der Waals surface area contributed by atoms with E-state index in [1.165, 1.54) is 0 Å². The first-order chi connectivity index (χ1) is 11.3. The van der Waals surface area contributed by atoms with Crippen LogP contribution in [0.5, 0.6) is 0 Å². The molecule has 1 aliphatic heterocycles. The molecule has 0 aromatic heterocycles. The zero-order valence-corrected chi connectivity index (χ0v) is 16.3. The van der Waals surface area contributed by atoms with Gasteiger partial charge in [0, 0.05) is 52.7 Å². The van der Waals surface area contributed by atoms with Gasteiger partial charge in [0.05, 0.1) is 6.10 Å². The number of aliphatic imine (C=N–C) groups is 1. The van der Waals surface area contributed by atoms with Crippen molar-refractivity contribution in [3.8, 4) is 0 Å². The van der Waals surface area contributed by atoms with Crippen LogP contribution in [0.1, 0.15) is 47.0 Å². The van der Waals surface area contributed by atoms with Gasteiger partial charge in [0.1, 0.15) is 0 Å². The third-order valence-electron chi connectivity index (χ3n) is 4.26. The summed E-state index contributed by atoms with van der Waals surface area (Å²) in [6.45, 7) is 11.7. The second kappa shape index (κ2) is 9.87. The SMILES string of the molecule is CCNC(=NCC1CCCOC1C(C)(C)C)NCCC(=O)N(C)C. The van der Waals surface area contributed by atoms with Gasteiger partial charge in [-0.25, -0.2) is 0 Å². The molecule has 2 unspecified atom stereocenters. The summed E-state index contributed by atoms with van der Waals surface area (Å²) < 4.78 is 6.03. The number of carbonyl (C=O) groups excluding carboxylic acids is 1. The summed E-state index contributed by atoms with van der Waals surface area (Å²) in [5.74, 6) is 1.34. The van der Waals surface area contributed by atoms with Crippen LogP contribution >= 0.6 is 0 Å². The summed E-state index contributed by atoms with van der Waals surface area (Å²) in [6, 6.07) is 0. The van der Waals surface area contributed by atoms with E-state index in [0.29, 0.717) is 18.9 Å². The minimum Gasteiger partial charge on any atom is -0.377 e. The molecule has 2 atom stereocenters. The van der Waals surface area contributed by atoms with Gasteiger partial charge in [0.15, 0.2) is 5.96 Å². The number of hydrogen-bond donors (Lipinski definition) is 2. The van der Waals surface area contributed by atoms with Gasteiger partial charge in [-0.2, -0.15) is 0 Å². The molecule has 1 saturated heterocycles. The molecule has 2 N–H and O–H groups in total. The molecule has 0 saturated carbocycles. The van der Waals surface area contributed by atoms with Crippen molar-refractivity contribution < 1.29 is 9.53 Å². The molecule has 1 aliphatic rings. The molecule has 0 spiro atoms. The highest BCUT2D eigenvalue weighted by Gasteiger charge is 2.35. The van der Waals surface area contributed by atoms with Crippen molar-refractivity contribution >= 4 is 11.9 Å². The molecule has 1 fully saturated rings. The van der Waals surface area contributed by atoms with Crippen LogP contribution in [-0.2, 0) is 9.53 Å². The maximum atomic E-state index is 11.6. The molecule has 1 amide bonds. The Hall–Kier alpha value is -1.30. The molecule has 0 bridgehead atoms. The maximum absolute atomic E-state index is 11.6. The quantitative estimate of drug-likeness (QED) is 0.572. The molecule has 1 rings (SSSR count). The molecule has 0 aromatic rings. The van der Waals surface area contributed by atoms with E-state index < -0.39 is 0 Å². The molecule has 6 heteroatoms. The summed E-state index contributed by atoms with van der Waals surface area (Å²) in [4.78, 5) is 18.0.